The summed E-state index contributed by atoms with van der Waals surface area (Å²) in [6.45, 7) is 10.5. The maximum absolute atomic E-state index is 4.08. The average Bonchev–Trinajstić information content (AvgIpc) is 3.04. The van der Waals surface area contributed by atoms with Crippen molar-refractivity contribution in [2.75, 3.05) is 0 Å². The second kappa shape index (κ2) is 12.9. The van der Waals surface area contributed by atoms with Gasteiger partial charge in [-0.15, -0.1) is 0 Å². The van der Waals surface area contributed by atoms with E-state index in [9.17, 15) is 0 Å². The lowest BCUT2D eigenvalue weighted by atomic mass is 9.96. The van der Waals surface area contributed by atoms with Crippen molar-refractivity contribution in [3.8, 4) is 11.1 Å². The predicted octanol–water partition coefficient (Wildman–Crippen LogP) is 7.77. The highest BCUT2D eigenvalue weighted by Gasteiger charge is 2.19. The van der Waals surface area contributed by atoms with Crippen molar-refractivity contribution in [1.82, 2.24) is 4.90 Å². The summed E-state index contributed by atoms with van der Waals surface area (Å²) in [5, 5.41) is 0. The average molecular weight is 408 g/mol. The maximum Gasteiger partial charge on any atom is 0.0934 e. The Hall–Kier alpha value is -2.39. The monoisotopic (exact) mass is 407 g/mol. The predicted molar refractivity (Wildman–Crippen MR) is 128 cm³/mol. The third-order valence-corrected chi connectivity index (χ3v) is 5.46. The summed E-state index contributed by atoms with van der Waals surface area (Å²) in [7, 11) is 0. The van der Waals surface area contributed by atoms with Crippen molar-refractivity contribution in [3.05, 3.63) is 97.6 Å². The molecular weight excluding hydrogens is 374 g/mol. The summed E-state index contributed by atoms with van der Waals surface area (Å²) in [5.41, 5.74) is 5.35. The van der Waals surface area contributed by atoms with Crippen LogP contribution in [0.25, 0.3) is 11.1 Å². The van der Waals surface area contributed by atoms with E-state index in [0.717, 1.165) is 6.54 Å². The van der Waals surface area contributed by atoms with Crippen LogP contribution in [-0.2, 0) is 10.7 Å². The zero-order chi connectivity index (χ0) is 20.9. The molecule has 0 bridgehead atoms. The summed E-state index contributed by atoms with van der Waals surface area (Å²) in [6, 6.07) is 19.5. The van der Waals surface area contributed by atoms with Gasteiger partial charge in [0.15, 0.2) is 0 Å². The van der Waals surface area contributed by atoms with Crippen LogP contribution in [0.4, 0.5) is 0 Å². The van der Waals surface area contributed by atoms with Crippen LogP contribution in [0, 0.1) is 5.92 Å². The first-order chi connectivity index (χ1) is 14.2. The van der Waals surface area contributed by atoms with E-state index in [0.29, 0.717) is 5.92 Å². The molecule has 1 atom stereocenters. The summed E-state index contributed by atoms with van der Waals surface area (Å²) < 4.78 is 4.00. The molecule has 0 heterocycles. The highest BCUT2D eigenvalue weighted by molar-refractivity contribution is 7.75. The summed E-state index contributed by atoms with van der Waals surface area (Å²) in [6.07, 6.45) is 12.1. The third-order valence-electron chi connectivity index (χ3n) is 5.31. The molecular formula is C26H33NOS. The molecule has 0 radical (unpaired) electrons. The zero-order valence-electron chi connectivity index (χ0n) is 17.5. The molecule has 1 aliphatic carbocycles. The Bertz CT molecular complexity index is 767. The quantitative estimate of drug-likeness (QED) is 0.286. The number of hydrogen-bond donors (Lipinski definition) is 1. The minimum atomic E-state index is 0.670. The topological polar surface area (TPSA) is 12.5 Å². The van der Waals surface area contributed by atoms with Gasteiger partial charge in [-0.05, 0) is 54.5 Å². The van der Waals surface area contributed by atoms with Crippen molar-refractivity contribution < 1.29 is 4.18 Å². The molecule has 1 aliphatic rings. The van der Waals surface area contributed by atoms with E-state index in [1.807, 2.05) is 6.20 Å². The SMILES string of the molecule is C=CN(Cc1ccc(-c2ccccc2)cc1)C1=CCCCCC1CC.C=COS. The van der Waals surface area contributed by atoms with Gasteiger partial charge in [0.25, 0.3) is 0 Å². The Kier molecular flexibility index (Phi) is 10.2. The van der Waals surface area contributed by atoms with Gasteiger partial charge in [0.2, 0.25) is 0 Å². The van der Waals surface area contributed by atoms with Crippen molar-refractivity contribution in [2.45, 2.75) is 45.6 Å². The second-order valence-electron chi connectivity index (χ2n) is 7.16. The Morgan fingerprint density at radius 1 is 1.03 bits per heavy atom. The van der Waals surface area contributed by atoms with Crippen LogP contribution in [0.2, 0.25) is 0 Å². The van der Waals surface area contributed by atoms with Crippen molar-refractivity contribution in [1.29, 1.82) is 0 Å². The molecule has 0 N–H and O–H groups in total. The van der Waals surface area contributed by atoms with Crippen LogP contribution >= 0.6 is 12.9 Å². The highest BCUT2D eigenvalue weighted by Crippen LogP contribution is 2.30. The Balaban J connectivity index is 0.000000687. The van der Waals surface area contributed by atoms with Crippen molar-refractivity contribution in [2.24, 2.45) is 5.92 Å². The molecule has 1 unspecified atom stereocenters. The first-order valence-corrected chi connectivity index (χ1v) is 10.7. The molecule has 2 nitrogen and oxygen atoms in total. The molecule has 3 heteroatoms. The number of rotatable bonds is 7. The van der Waals surface area contributed by atoms with E-state index < -0.39 is 0 Å². The lowest BCUT2D eigenvalue weighted by molar-refractivity contribution is 0.367. The molecule has 3 rings (SSSR count). The highest BCUT2D eigenvalue weighted by atomic mass is 32.1. The molecule has 0 aliphatic heterocycles. The van der Waals surface area contributed by atoms with Gasteiger partial charge in [-0.2, -0.15) is 0 Å². The number of hydrogen-bond acceptors (Lipinski definition) is 3. The molecule has 0 saturated carbocycles. The van der Waals surface area contributed by atoms with Gasteiger partial charge in [-0.3, -0.25) is 0 Å². The van der Waals surface area contributed by atoms with Gasteiger partial charge in [0, 0.05) is 25.2 Å². The number of benzene rings is 2. The first-order valence-electron chi connectivity index (χ1n) is 10.4. The van der Waals surface area contributed by atoms with Gasteiger partial charge in [0.05, 0.1) is 6.26 Å². The minimum absolute atomic E-state index is 0.670. The van der Waals surface area contributed by atoms with E-state index in [1.165, 1.54) is 60.8 Å². The van der Waals surface area contributed by atoms with E-state index >= 15 is 0 Å². The van der Waals surface area contributed by atoms with Gasteiger partial charge in [0.1, 0.15) is 0 Å². The molecule has 0 spiro atoms. The molecule has 0 aromatic heterocycles. The normalized spacial score (nSPS) is 15.8. The fraction of sp³-hybridized carbons (Fsp3) is 0.308. The van der Waals surface area contributed by atoms with Crippen molar-refractivity contribution >= 4 is 12.9 Å². The third kappa shape index (κ3) is 7.17. The summed E-state index contributed by atoms with van der Waals surface area (Å²) in [4.78, 5) is 2.36. The molecule has 154 valence electrons. The minimum Gasteiger partial charge on any atom is -0.437 e. The Morgan fingerprint density at radius 2 is 1.69 bits per heavy atom. The van der Waals surface area contributed by atoms with Gasteiger partial charge >= 0.3 is 0 Å². The Labute approximate surface area is 182 Å². The lowest BCUT2D eigenvalue weighted by Crippen LogP contribution is -2.21. The molecule has 0 amide bonds. The number of allylic oxidation sites excluding steroid dienone is 2. The van der Waals surface area contributed by atoms with Crippen LogP contribution in [-0.4, -0.2) is 4.90 Å². The number of nitrogens with zero attached hydrogens (tertiary/aromatic N) is 1. The lowest BCUT2D eigenvalue weighted by Gasteiger charge is -2.29. The zero-order valence-corrected chi connectivity index (χ0v) is 18.4. The Morgan fingerprint density at radius 3 is 2.28 bits per heavy atom. The standard InChI is InChI=1S/C24H29N.C2H4OS/c1-3-21-11-7-6-10-14-24(21)25(4-2)19-20-15-17-23(18-16-20)22-12-8-5-9-13-22;1-2-3-4/h4-5,8-9,12-18,21H,2-3,6-7,10-11,19H2,1H3;2,4H,1H2. The second-order valence-corrected chi connectivity index (χ2v) is 7.37. The smallest absolute Gasteiger partial charge is 0.0934 e. The van der Waals surface area contributed by atoms with Gasteiger partial charge < -0.3 is 9.08 Å². The molecule has 2 aromatic rings. The molecule has 0 fully saturated rings. The molecule has 29 heavy (non-hydrogen) atoms. The molecule has 2 aromatic carbocycles. The van der Waals surface area contributed by atoms with Gasteiger partial charge in [-0.25, -0.2) is 0 Å². The fourth-order valence-corrected chi connectivity index (χ4v) is 3.76. The van der Waals surface area contributed by atoms with E-state index in [-0.39, 0.29) is 0 Å². The van der Waals surface area contributed by atoms with Crippen LogP contribution < -0.4 is 0 Å². The fourth-order valence-electron chi connectivity index (χ4n) is 3.76. The van der Waals surface area contributed by atoms with E-state index in [4.69, 9.17) is 0 Å². The first kappa shape index (κ1) is 22.9. The van der Waals surface area contributed by atoms with E-state index in [1.54, 1.807) is 0 Å². The van der Waals surface area contributed by atoms with Crippen LogP contribution in [0.3, 0.4) is 0 Å². The van der Waals surface area contributed by atoms with Crippen LogP contribution in [0.1, 0.15) is 44.6 Å². The number of thiol groups is 1. The van der Waals surface area contributed by atoms with Crippen LogP contribution in [0.15, 0.2) is 92.0 Å². The van der Waals surface area contributed by atoms with Crippen molar-refractivity contribution in [3.63, 3.8) is 0 Å². The maximum atomic E-state index is 4.08. The summed E-state index contributed by atoms with van der Waals surface area (Å²) in [5.74, 6) is 0.670. The molecule has 0 saturated heterocycles. The van der Waals surface area contributed by atoms with Crippen LogP contribution in [0.5, 0.6) is 0 Å². The largest absolute Gasteiger partial charge is 0.437 e. The summed E-state index contributed by atoms with van der Waals surface area (Å²) >= 11 is 3.30. The van der Waals surface area contributed by atoms with Gasteiger partial charge in [-0.1, -0.05) is 87.2 Å². The van der Waals surface area contributed by atoms with E-state index in [2.05, 4.69) is 103 Å².